The third-order valence-corrected chi connectivity index (χ3v) is 5.22. The van der Waals surface area contributed by atoms with Crippen LogP contribution >= 0.6 is 0 Å². The lowest BCUT2D eigenvalue weighted by molar-refractivity contribution is 0.0884. The number of benzene rings is 1. The molecule has 0 aliphatic heterocycles. The lowest BCUT2D eigenvalue weighted by atomic mass is 9.91. The fourth-order valence-electron chi connectivity index (χ4n) is 2.37. The minimum atomic E-state index is -3.60. The number of pyridine rings is 1. The Labute approximate surface area is 149 Å². The molecule has 2 aromatic rings. The Bertz CT molecular complexity index is 913. The highest BCUT2D eigenvalue weighted by Crippen LogP contribution is 2.27. The Morgan fingerprint density at radius 1 is 1.12 bits per heavy atom. The van der Waals surface area contributed by atoms with E-state index in [-0.39, 0.29) is 5.41 Å². The van der Waals surface area contributed by atoms with Gasteiger partial charge in [0, 0.05) is 29.3 Å². The average molecular weight is 360 g/mol. The first-order valence-corrected chi connectivity index (χ1v) is 9.83. The zero-order valence-corrected chi connectivity index (χ0v) is 16.3. The fourth-order valence-corrected chi connectivity index (χ4v) is 2.77. The zero-order valence-electron chi connectivity index (χ0n) is 15.5. The van der Waals surface area contributed by atoms with Gasteiger partial charge in [-0.25, -0.2) is 12.7 Å². The van der Waals surface area contributed by atoms with Gasteiger partial charge in [0.1, 0.15) is 0 Å². The Kier molecular flexibility index (Phi) is 5.04. The molecular formula is C19H24N2O3S. The first-order chi connectivity index (χ1) is 11.4. The average Bonchev–Trinajstić information content (AvgIpc) is 2.52. The van der Waals surface area contributed by atoms with Crippen LogP contribution in [0.25, 0.3) is 11.3 Å². The molecule has 0 radical (unpaired) electrons. The van der Waals surface area contributed by atoms with Crippen molar-refractivity contribution in [2.75, 3.05) is 13.3 Å². The molecule has 0 aliphatic carbocycles. The van der Waals surface area contributed by atoms with Crippen LogP contribution in [0.1, 0.15) is 42.4 Å². The number of hydrogen-bond acceptors (Lipinski definition) is 4. The number of nitrogens with zero attached hydrogens (tertiary/aromatic N) is 2. The van der Waals surface area contributed by atoms with Crippen LogP contribution in [0.4, 0.5) is 0 Å². The standard InChI is InChI=1S/C19H24N2O3S/c1-13-10-11-14(18(22)21(5)25(6,23)24)12-15(13)16-8-7-9-17(20-16)19(2,3)4/h7-12H,1-6H3. The summed E-state index contributed by atoms with van der Waals surface area (Å²) in [5.41, 5.74) is 3.73. The lowest BCUT2D eigenvalue weighted by Gasteiger charge is -2.19. The summed E-state index contributed by atoms with van der Waals surface area (Å²) >= 11 is 0. The second-order valence-corrected chi connectivity index (χ2v) is 9.24. The van der Waals surface area contributed by atoms with Gasteiger partial charge in [-0.3, -0.25) is 9.78 Å². The molecule has 0 aliphatic rings. The Balaban J connectivity index is 2.53. The van der Waals surface area contributed by atoms with E-state index in [1.54, 1.807) is 12.1 Å². The molecule has 25 heavy (non-hydrogen) atoms. The molecular weight excluding hydrogens is 336 g/mol. The van der Waals surface area contributed by atoms with Crippen molar-refractivity contribution in [3.8, 4) is 11.3 Å². The molecule has 5 nitrogen and oxygen atoms in total. The number of carbonyl (C=O) groups is 1. The highest BCUT2D eigenvalue weighted by Gasteiger charge is 2.21. The maximum absolute atomic E-state index is 12.4. The monoisotopic (exact) mass is 360 g/mol. The van der Waals surface area contributed by atoms with E-state index >= 15 is 0 Å². The van der Waals surface area contributed by atoms with Crippen LogP contribution in [-0.4, -0.2) is 36.9 Å². The Hall–Kier alpha value is -2.21. The predicted octanol–water partition coefficient (Wildman–Crippen LogP) is 3.39. The molecule has 0 spiro atoms. The molecule has 0 bridgehead atoms. The van der Waals surface area contributed by atoms with E-state index in [1.807, 2.05) is 31.2 Å². The number of sulfonamides is 1. The van der Waals surface area contributed by atoms with E-state index in [1.165, 1.54) is 7.05 Å². The van der Waals surface area contributed by atoms with Crippen LogP contribution in [0, 0.1) is 6.92 Å². The molecule has 6 heteroatoms. The van der Waals surface area contributed by atoms with Gasteiger partial charge in [0.15, 0.2) is 0 Å². The number of aryl methyl sites for hydroxylation is 1. The molecule has 134 valence electrons. The Morgan fingerprint density at radius 2 is 1.76 bits per heavy atom. The van der Waals surface area contributed by atoms with Crippen molar-refractivity contribution in [2.45, 2.75) is 33.1 Å². The van der Waals surface area contributed by atoms with Gasteiger partial charge in [0.25, 0.3) is 5.91 Å². The minimum Gasteiger partial charge on any atom is -0.268 e. The molecule has 0 saturated heterocycles. The molecule has 1 aromatic carbocycles. The van der Waals surface area contributed by atoms with E-state index in [0.717, 1.165) is 33.1 Å². The number of rotatable bonds is 3. The summed E-state index contributed by atoms with van der Waals surface area (Å²) < 4.78 is 24.0. The quantitative estimate of drug-likeness (QED) is 0.841. The van der Waals surface area contributed by atoms with Crippen LogP contribution in [-0.2, 0) is 15.4 Å². The SMILES string of the molecule is Cc1ccc(C(=O)N(C)S(C)(=O)=O)cc1-c1cccc(C(C)(C)C)n1. The van der Waals surface area contributed by atoms with Gasteiger partial charge in [-0.15, -0.1) is 0 Å². The zero-order chi connectivity index (χ0) is 19.0. The van der Waals surface area contributed by atoms with Crippen molar-refractivity contribution in [3.63, 3.8) is 0 Å². The second-order valence-electron chi connectivity index (χ2n) is 7.22. The molecule has 0 N–H and O–H groups in total. The molecule has 0 fully saturated rings. The third kappa shape index (κ3) is 4.25. The summed E-state index contributed by atoms with van der Waals surface area (Å²) in [6.07, 6.45) is 1.01. The largest absolute Gasteiger partial charge is 0.268 e. The minimum absolute atomic E-state index is 0.0894. The normalized spacial score (nSPS) is 12.1. The smallest absolute Gasteiger partial charge is 0.267 e. The summed E-state index contributed by atoms with van der Waals surface area (Å²) in [6, 6.07) is 11.0. The van der Waals surface area contributed by atoms with Crippen molar-refractivity contribution in [2.24, 2.45) is 0 Å². The van der Waals surface area contributed by atoms with Gasteiger partial charge in [0.2, 0.25) is 10.0 Å². The summed E-state index contributed by atoms with van der Waals surface area (Å²) in [7, 11) is -2.34. The second kappa shape index (κ2) is 6.59. The molecule has 1 amide bonds. The first kappa shape index (κ1) is 19.1. The number of aromatic nitrogens is 1. The van der Waals surface area contributed by atoms with Gasteiger partial charge < -0.3 is 0 Å². The van der Waals surface area contributed by atoms with Gasteiger partial charge in [-0.2, -0.15) is 0 Å². The van der Waals surface area contributed by atoms with Crippen LogP contribution in [0.5, 0.6) is 0 Å². The van der Waals surface area contributed by atoms with E-state index in [0.29, 0.717) is 5.56 Å². The van der Waals surface area contributed by atoms with Gasteiger partial charge >= 0.3 is 0 Å². The maximum atomic E-state index is 12.4. The molecule has 0 unspecified atom stereocenters. The molecule has 2 rings (SSSR count). The number of carbonyl (C=O) groups excluding carboxylic acids is 1. The van der Waals surface area contributed by atoms with E-state index in [4.69, 9.17) is 4.98 Å². The van der Waals surface area contributed by atoms with Crippen LogP contribution in [0.15, 0.2) is 36.4 Å². The van der Waals surface area contributed by atoms with Crippen LogP contribution in [0.2, 0.25) is 0 Å². The number of amides is 1. The third-order valence-electron chi connectivity index (χ3n) is 4.06. The van der Waals surface area contributed by atoms with Crippen LogP contribution < -0.4 is 0 Å². The molecule has 0 saturated carbocycles. The highest BCUT2D eigenvalue weighted by molar-refractivity contribution is 7.88. The van der Waals surface area contributed by atoms with E-state index in [9.17, 15) is 13.2 Å². The summed E-state index contributed by atoms with van der Waals surface area (Å²) in [5, 5.41) is 0. The first-order valence-electron chi connectivity index (χ1n) is 7.98. The predicted molar refractivity (Wildman–Crippen MR) is 100 cm³/mol. The van der Waals surface area contributed by atoms with E-state index < -0.39 is 15.9 Å². The van der Waals surface area contributed by atoms with Crippen molar-refractivity contribution in [1.29, 1.82) is 0 Å². The molecule has 0 atom stereocenters. The molecule has 1 aromatic heterocycles. The van der Waals surface area contributed by atoms with E-state index in [2.05, 4.69) is 20.8 Å². The number of hydrogen-bond donors (Lipinski definition) is 0. The van der Waals surface area contributed by atoms with Crippen molar-refractivity contribution < 1.29 is 13.2 Å². The van der Waals surface area contributed by atoms with Crippen LogP contribution in [0.3, 0.4) is 0 Å². The van der Waals surface area contributed by atoms with Gasteiger partial charge in [-0.05, 0) is 36.8 Å². The van der Waals surface area contributed by atoms with Gasteiger partial charge in [-0.1, -0.05) is 32.9 Å². The summed E-state index contributed by atoms with van der Waals surface area (Å²) in [4.78, 5) is 17.2. The summed E-state index contributed by atoms with van der Waals surface area (Å²) in [5.74, 6) is -0.560. The Morgan fingerprint density at radius 3 is 2.32 bits per heavy atom. The fraction of sp³-hybridized carbons (Fsp3) is 0.368. The topological polar surface area (TPSA) is 67.3 Å². The van der Waals surface area contributed by atoms with Crippen molar-refractivity contribution in [1.82, 2.24) is 9.29 Å². The van der Waals surface area contributed by atoms with Crippen molar-refractivity contribution in [3.05, 3.63) is 53.2 Å². The lowest BCUT2D eigenvalue weighted by Crippen LogP contribution is -2.32. The van der Waals surface area contributed by atoms with Crippen molar-refractivity contribution >= 4 is 15.9 Å². The maximum Gasteiger partial charge on any atom is 0.267 e. The molecule has 1 heterocycles. The summed E-state index contributed by atoms with van der Waals surface area (Å²) in [6.45, 7) is 8.21. The highest BCUT2D eigenvalue weighted by atomic mass is 32.2. The van der Waals surface area contributed by atoms with Gasteiger partial charge in [0.05, 0.1) is 11.9 Å².